The summed E-state index contributed by atoms with van der Waals surface area (Å²) >= 11 is 0.771. The smallest absolute Gasteiger partial charge is 0.343 e. The Morgan fingerprint density at radius 2 is 2.14 bits per heavy atom. The Labute approximate surface area is 120 Å². The minimum absolute atomic E-state index is 0.00565. The molecule has 0 atom stereocenters. The van der Waals surface area contributed by atoms with Gasteiger partial charge in [0.25, 0.3) is 0 Å². The fourth-order valence-electron chi connectivity index (χ4n) is 1.42. The lowest BCUT2D eigenvalue weighted by Gasteiger charge is -2.07. The summed E-state index contributed by atoms with van der Waals surface area (Å²) in [5.41, 5.74) is -2.21. The van der Waals surface area contributed by atoms with E-state index in [0.29, 0.717) is 0 Å². The maximum atomic E-state index is 11.3. The van der Waals surface area contributed by atoms with Gasteiger partial charge in [-0.25, -0.2) is 9.97 Å². The van der Waals surface area contributed by atoms with E-state index in [0.717, 1.165) is 18.1 Å². The summed E-state index contributed by atoms with van der Waals surface area (Å²) in [6.45, 7) is 0. The van der Waals surface area contributed by atoms with Crippen molar-refractivity contribution in [2.24, 2.45) is 7.05 Å². The number of aryl methyl sites for hydroxylation is 1. The molecule has 0 unspecified atom stereocenters. The molecule has 0 aliphatic heterocycles. The predicted octanol–water partition coefficient (Wildman–Crippen LogP) is -0.640. The molecule has 0 saturated heterocycles. The Hall–Kier alpha value is -2.76. The number of H-pyrrole nitrogens is 1. The molecule has 2 aromatic rings. The Balaban J connectivity index is 2.55. The van der Waals surface area contributed by atoms with Crippen LogP contribution in [-0.2, 0) is 7.05 Å². The molecule has 0 bridgehead atoms. The SMILES string of the molecule is CNc1ncnc(Sc2nc(=O)c(=O)[nH]n2C)c1[N+](=O)[O-]. The van der Waals surface area contributed by atoms with Gasteiger partial charge in [0.1, 0.15) is 6.33 Å². The molecule has 110 valence electrons. The third kappa shape index (κ3) is 2.89. The van der Waals surface area contributed by atoms with Crippen LogP contribution in [0.3, 0.4) is 0 Å². The first-order chi connectivity index (χ1) is 9.93. The van der Waals surface area contributed by atoms with Crippen LogP contribution < -0.4 is 16.4 Å². The van der Waals surface area contributed by atoms with Gasteiger partial charge in [-0.15, -0.1) is 0 Å². The Kier molecular flexibility index (Phi) is 3.98. The molecule has 0 radical (unpaired) electrons. The fourth-order valence-corrected chi connectivity index (χ4v) is 2.27. The van der Waals surface area contributed by atoms with Crippen molar-refractivity contribution in [1.82, 2.24) is 24.7 Å². The zero-order valence-corrected chi connectivity index (χ0v) is 11.7. The average Bonchev–Trinajstić information content (AvgIpc) is 2.44. The fraction of sp³-hybridized carbons (Fsp3) is 0.222. The zero-order valence-electron chi connectivity index (χ0n) is 10.9. The number of nitrogens with zero attached hydrogens (tertiary/aromatic N) is 5. The number of aromatic amines is 1. The van der Waals surface area contributed by atoms with Gasteiger partial charge in [0.05, 0.1) is 4.92 Å². The van der Waals surface area contributed by atoms with E-state index in [9.17, 15) is 19.7 Å². The Bertz CT molecular complexity index is 814. The van der Waals surface area contributed by atoms with Gasteiger partial charge >= 0.3 is 16.8 Å². The van der Waals surface area contributed by atoms with Crippen LogP contribution >= 0.6 is 11.8 Å². The number of hydrogen-bond acceptors (Lipinski definition) is 9. The van der Waals surface area contributed by atoms with Crippen molar-refractivity contribution in [2.75, 3.05) is 12.4 Å². The highest BCUT2D eigenvalue weighted by Gasteiger charge is 2.24. The highest BCUT2D eigenvalue weighted by atomic mass is 32.2. The van der Waals surface area contributed by atoms with Crippen LogP contribution in [0.4, 0.5) is 11.5 Å². The summed E-state index contributed by atoms with van der Waals surface area (Å²) in [6, 6.07) is 0. The minimum Gasteiger partial charge on any atom is -0.367 e. The lowest BCUT2D eigenvalue weighted by atomic mass is 10.5. The van der Waals surface area contributed by atoms with Crippen LogP contribution in [0.25, 0.3) is 0 Å². The number of hydrogen-bond donors (Lipinski definition) is 2. The summed E-state index contributed by atoms with van der Waals surface area (Å²) in [5.74, 6) is 0.0342. The van der Waals surface area contributed by atoms with Crippen LogP contribution in [0.1, 0.15) is 0 Å². The molecule has 0 aliphatic rings. The first-order valence-electron chi connectivity index (χ1n) is 5.46. The standard InChI is InChI=1S/C9H9N7O4S/c1-10-5-4(16(19)20)8(12-3-11-5)21-9-13-6(17)7(18)14-15(9)2/h3H,1-2H3,(H,14,18)(H,10,11,12). The van der Waals surface area contributed by atoms with Gasteiger partial charge < -0.3 is 5.32 Å². The van der Waals surface area contributed by atoms with Crippen LogP contribution in [0.15, 0.2) is 26.1 Å². The normalized spacial score (nSPS) is 10.4. The molecule has 0 amide bonds. The summed E-state index contributed by atoms with van der Waals surface area (Å²) in [6.07, 6.45) is 1.14. The summed E-state index contributed by atoms with van der Waals surface area (Å²) < 4.78 is 1.18. The number of nitro groups is 1. The monoisotopic (exact) mass is 311 g/mol. The van der Waals surface area contributed by atoms with Gasteiger partial charge in [-0.05, 0) is 11.8 Å². The van der Waals surface area contributed by atoms with E-state index in [1.165, 1.54) is 18.8 Å². The second kappa shape index (κ2) is 5.70. The quantitative estimate of drug-likeness (QED) is 0.325. The number of rotatable bonds is 4. The molecule has 2 heterocycles. The molecule has 0 aliphatic carbocycles. The van der Waals surface area contributed by atoms with E-state index in [2.05, 4.69) is 25.4 Å². The Morgan fingerprint density at radius 3 is 2.76 bits per heavy atom. The third-order valence-electron chi connectivity index (χ3n) is 2.34. The van der Waals surface area contributed by atoms with Gasteiger partial charge in [0, 0.05) is 14.1 Å². The molecule has 0 spiro atoms. The summed E-state index contributed by atoms with van der Waals surface area (Å²) in [5, 5.41) is 16.0. The largest absolute Gasteiger partial charge is 0.367 e. The highest BCUT2D eigenvalue weighted by Crippen LogP contribution is 2.34. The minimum atomic E-state index is -0.985. The molecule has 2 N–H and O–H groups in total. The highest BCUT2D eigenvalue weighted by molar-refractivity contribution is 7.99. The van der Waals surface area contributed by atoms with Gasteiger partial charge in [-0.3, -0.25) is 29.5 Å². The predicted molar refractivity (Wildman–Crippen MR) is 72.5 cm³/mol. The van der Waals surface area contributed by atoms with E-state index < -0.39 is 16.0 Å². The summed E-state index contributed by atoms with van der Waals surface area (Å²) in [7, 11) is 2.93. The molecular formula is C9H9N7O4S. The van der Waals surface area contributed by atoms with Crippen molar-refractivity contribution in [2.45, 2.75) is 10.2 Å². The molecule has 12 heteroatoms. The first-order valence-corrected chi connectivity index (χ1v) is 6.28. The van der Waals surface area contributed by atoms with Crippen molar-refractivity contribution in [1.29, 1.82) is 0 Å². The lowest BCUT2D eigenvalue weighted by Crippen LogP contribution is -2.33. The number of anilines is 1. The maximum absolute atomic E-state index is 11.3. The number of aromatic nitrogens is 5. The summed E-state index contributed by atoms with van der Waals surface area (Å²) in [4.78, 5) is 44.0. The van der Waals surface area contributed by atoms with Crippen molar-refractivity contribution in [3.63, 3.8) is 0 Å². The molecule has 0 fully saturated rings. The molecular weight excluding hydrogens is 302 g/mol. The van der Waals surface area contributed by atoms with Gasteiger partial charge in [-0.2, -0.15) is 4.98 Å². The van der Waals surface area contributed by atoms with Crippen LogP contribution in [0.5, 0.6) is 0 Å². The maximum Gasteiger partial charge on any atom is 0.343 e. The first kappa shape index (κ1) is 14.6. The van der Waals surface area contributed by atoms with E-state index in [4.69, 9.17) is 0 Å². The number of nitrogens with one attached hydrogen (secondary N) is 2. The van der Waals surface area contributed by atoms with Crippen molar-refractivity contribution >= 4 is 23.3 Å². The zero-order chi connectivity index (χ0) is 15.6. The molecule has 21 heavy (non-hydrogen) atoms. The van der Waals surface area contributed by atoms with E-state index in [1.807, 2.05) is 0 Å². The van der Waals surface area contributed by atoms with Gasteiger partial charge in [0.2, 0.25) is 5.82 Å². The second-order valence-electron chi connectivity index (χ2n) is 3.68. The third-order valence-corrected chi connectivity index (χ3v) is 3.38. The van der Waals surface area contributed by atoms with Crippen LogP contribution in [-0.4, -0.2) is 36.7 Å². The molecule has 2 aromatic heterocycles. The van der Waals surface area contributed by atoms with Gasteiger partial charge in [0.15, 0.2) is 10.2 Å². The Morgan fingerprint density at radius 1 is 1.43 bits per heavy atom. The lowest BCUT2D eigenvalue weighted by molar-refractivity contribution is -0.387. The van der Waals surface area contributed by atoms with E-state index in [1.54, 1.807) is 0 Å². The van der Waals surface area contributed by atoms with E-state index in [-0.39, 0.29) is 21.7 Å². The van der Waals surface area contributed by atoms with Crippen LogP contribution in [0.2, 0.25) is 0 Å². The molecule has 0 saturated carbocycles. The molecule has 2 rings (SSSR count). The van der Waals surface area contributed by atoms with E-state index >= 15 is 0 Å². The second-order valence-corrected chi connectivity index (χ2v) is 4.64. The average molecular weight is 311 g/mol. The van der Waals surface area contributed by atoms with Crippen molar-refractivity contribution in [3.05, 3.63) is 37.1 Å². The molecule has 0 aromatic carbocycles. The van der Waals surface area contributed by atoms with Gasteiger partial charge in [-0.1, -0.05) is 0 Å². The van der Waals surface area contributed by atoms with Crippen molar-refractivity contribution < 1.29 is 4.92 Å². The topological polar surface area (TPSA) is 149 Å². The van der Waals surface area contributed by atoms with Crippen LogP contribution in [0, 0.1) is 10.1 Å². The molecule has 11 nitrogen and oxygen atoms in total. The van der Waals surface area contributed by atoms with Crippen molar-refractivity contribution in [3.8, 4) is 0 Å².